The van der Waals surface area contributed by atoms with E-state index in [2.05, 4.69) is 26.9 Å². The zero-order valence-corrected chi connectivity index (χ0v) is 16.6. The summed E-state index contributed by atoms with van der Waals surface area (Å²) in [4.78, 5) is 16.8. The Morgan fingerprint density at radius 3 is 2.83 bits per heavy atom. The van der Waals surface area contributed by atoms with E-state index in [9.17, 15) is 13.6 Å². The van der Waals surface area contributed by atoms with Gasteiger partial charge in [-0.15, -0.1) is 0 Å². The van der Waals surface area contributed by atoms with Crippen LogP contribution in [0.3, 0.4) is 0 Å². The van der Waals surface area contributed by atoms with Gasteiger partial charge in [0, 0.05) is 31.0 Å². The molecule has 2 aliphatic rings. The maximum Gasteiger partial charge on any atom is 0.276 e. The fourth-order valence-corrected chi connectivity index (χ4v) is 3.26. The highest BCUT2D eigenvalue weighted by Gasteiger charge is 2.21. The number of halogens is 2. The van der Waals surface area contributed by atoms with Crippen LogP contribution in [0.4, 0.5) is 8.78 Å². The molecule has 2 heterocycles. The molecule has 0 radical (unpaired) electrons. The number of nitrogens with one attached hydrogen (secondary N) is 1. The van der Waals surface area contributed by atoms with E-state index in [-0.39, 0.29) is 5.69 Å². The van der Waals surface area contributed by atoms with Crippen LogP contribution in [0.1, 0.15) is 35.3 Å². The number of rotatable bonds is 6. The molecule has 8 heteroatoms. The number of hydrogen-bond acceptors (Lipinski definition) is 4. The molecular weight excluding hydrogens is 390 g/mol. The number of nitrogens with zero attached hydrogens (tertiary/aromatic N) is 3. The van der Waals surface area contributed by atoms with Crippen molar-refractivity contribution in [3.8, 4) is 17.1 Å². The third-order valence-electron chi connectivity index (χ3n) is 5.24. The summed E-state index contributed by atoms with van der Waals surface area (Å²) in [6.45, 7) is 2.59. The summed E-state index contributed by atoms with van der Waals surface area (Å²) < 4.78 is 34.8. The van der Waals surface area contributed by atoms with Gasteiger partial charge in [-0.25, -0.2) is 9.37 Å². The molecule has 0 bridgehead atoms. The van der Waals surface area contributed by atoms with E-state index in [0.717, 1.165) is 17.2 Å². The van der Waals surface area contributed by atoms with Gasteiger partial charge in [-0.2, -0.15) is 9.49 Å². The van der Waals surface area contributed by atoms with Gasteiger partial charge in [0.15, 0.2) is 17.3 Å². The number of carbonyl (C=O) groups is 1. The van der Waals surface area contributed by atoms with Crippen molar-refractivity contribution in [3.05, 3.63) is 64.5 Å². The van der Waals surface area contributed by atoms with E-state index in [1.54, 1.807) is 19.3 Å². The number of ether oxygens (including phenoxy) is 1. The highest BCUT2D eigenvalue weighted by atomic mass is 19.1. The summed E-state index contributed by atoms with van der Waals surface area (Å²) in [6.07, 6.45) is 6.22. The number of allylic oxidation sites excluding steroid dienone is 3. The van der Waals surface area contributed by atoms with Crippen molar-refractivity contribution >= 4 is 5.91 Å². The lowest BCUT2D eigenvalue weighted by Gasteiger charge is -2.24. The average Bonchev–Trinajstić information content (AvgIpc) is 3.05. The molecule has 2 aliphatic carbocycles. The van der Waals surface area contributed by atoms with Crippen LogP contribution >= 0.6 is 0 Å². The van der Waals surface area contributed by atoms with Crippen molar-refractivity contribution in [1.82, 2.24) is 20.1 Å². The van der Waals surface area contributed by atoms with E-state index in [0.29, 0.717) is 24.1 Å². The first-order valence-corrected chi connectivity index (χ1v) is 9.65. The van der Waals surface area contributed by atoms with Crippen molar-refractivity contribution in [1.29, 1.82) is 0 Å². The third kappa shape index (κ3) is 3.96. The minimum Gasteiger partial charge on any atom is -0.477 e. The zero-order chi connectivity index (χ0) is 21.3. The smallest absolute Gasteiger partial charge is 0.276 e. The second-order valence-electron chi connectivity index (χ2n) is 7.39. The van der Waals surface area contributed by atoms with Crippen molar-refractivity contribution in [2.24, 2.45) is 13.0 Å². The Labute approximate surface area is 172 Å². The predicted molar refractivity (Wildman–Crippen MR) is 106 cm³/mol. The summed E-state index contributed by atoms with van der Waals surface area (Å²) in [5.74, 6) is -1.53. The van der Waals surface area contributed by atoms with Crippen LogP contribution < -0.4 is 10.1 Å². The molecule has 0 unspecified atom stereocenters. The minimum atomic E-state index is -1.03. The third-order valence-corrected chi connectivity index (χ3v) is 5.24. The molecule has 0 aliphatic heterocycles. The molecule has 0 spiro atoms. The number of amides is 1. The number of pyridine rings is 1. The molecule has 4 rings (SSSR count). The molecule has 1 amide bonds. The first-order chi connectivity index (χ1) is 14.4. The van der Waals surface area contributed by atoms with E-state index in [4.69, 9.17) is 4.74 Å². The van der Waals surface area contributed by atoms with Gasteiger partial charge in [0.25, 0.3) is 5.91 Å². The first-order valence-electron chi connectivity index (χ1n) is 9.65. The average molecular weight is 410 g/mol. The van der Waals surface area contributed by atoms with Gasteiger partial charge in [0.2, 0.25) is 5.88 Å². The SMILES string of the molecule is Cc1cc(OCC2CCC2)ncc1-c1cc(C(=O)NC2=C(F)C=C=C=C2F)nn1C. The van der Waals surface area contributed by atoms with Gasteiger partial charge >= 0.3 is 0 Å². The molecule has 1 N–H and O–H groups in total. The van der Waals surface area contributed by atoms with Gasteiger partial charge in [-0.3, -0.25) is 9.48 Å². The summed E-state index contributed by atoms with van der Waals surface area (Å²) in [5.41, 5.74) is 6.03. The number of carbonyl (C=O) groups excluding carboxylic acids is 1. The fourth-order valence-electron chi connectivity index (χ4n) is 3.26. The molecule has 6 nitrogen and oxygen atoms in total. The van der Waals surface area contributed by atoms with Gasteiger partial charge in [-0.05, 0) is 43.0 Å². The van der Waals surface area contributed by atoms with Crippen LogP contribution in [-0.2, 0) is 7.05 Å². The maximum atomic E-state index is 13.8. The molecule has 0 atom stereocenters. The first kappa shape index (κ1) is 19.8. The van der Waals surface area contributed by atoms with Crippen LogP contribution in [0.15, 0.2) is 53.2 Å². The van der Waals surface area contributed by atoms with E-state index >= 15 is 0 Å². The Bertz CT molecular complexity index is 1150. The van der Waals surface area contributed by atoms with Crippen molar-refractivity contribution in [2.45, 2.75) is 26.2 Å². The predicted octanol–water partition coefficient (Wildman–Crippen LogP) is 4.06. The Morgan fingerprint density at radius 2 is 2.17 bits per heavy atom. The standard InChI is InChI=1S/C22H20F2N4O2/c1-13-9-20(30-12-14-5-3-6-14)25-11-15(13)19-10-18(27-28(19)2)22(29)26-21-16(23)7-4-8-17(21)24/h7,9-11,14H,3,5-6,12H2,1-2H3,(H,26,29). The van der Waals surface area contributed by atoms with Crippen molar-refractivity contribution in [2.75, 3.05) is 6.61 Å². The lowest BCUT2D eigenvalue weighted by molar-refractivity contribution is 0.0958. The number of aryl methyl sites for hydroxylation is 2. The zero-order valence-electron chi connectivity index (χ0n) is 16.6. The highest BCUT2D eigenvalue weighted by molar-refractivity contribution is 5.95. The van der Waals surface area contributed by atoms with Gasteiger partial charge in [0.1, 0.15) is 5.70 Å². The number of hydrogen-bond donors (Lipinski definition) is 1. The van der Waals surface area contributed by atoms with Crippen molar-refractivity contribution < 1.29 is 18.3 Å². The van der Waals surface area contributed by atoms with Crippen LogP contribution in [-0.4, -0.2) is 27.3 Å². The van der Waals surface area contributed by atoms with Crippen molar-refractivity contribution in [3.63, 3.8) is 0 Å². The highest BCUT2D eigenvalue weighted by Crippen LogP contribution is 2.29. The van der Waals surface area contributed by atoms with E-state index in [1.165, 1.54) is 23.9 Å². The quantitative estimate of drug-likeness (QED) is 0.730. The van der Waals surface area contributed by atoms with Crippen LogP contribution in [0.5, 0.6) is 5.88 Å². The lowest BCUT2D eigenvalue weighted by Crippen LogP contribution is -2.24. The fraction of sp³-hybridized carbons (Fsp3) is 0.318. The molecule has 2 aromatic rings. The largest absolute Gasteiger partial charge is 0.477 e. The maximum absolute atomic E-state index is 13.8. The summed E-state index contributed by atoms with van der Waals surface area (Å²) >= 11 is 0. The van der Waals surface area contributed by atoms with Gasteiger partial charge in [0.05, 0.1) is 12.3 Å². The Balaban J connectivity index is 1.51. The van der Waals surface area contributed by atoms with E-state index < -0.39 is 23.3 Å². The summed E-state index contributed by atoms with van der Waals surface area (Å²) in [5, 5.41) is 6.36. The van der Waals surface area contributed by atoms with Gasteiger partial charge < -0.3 is 10.1 Å². The normalized spacial score (nSPS) is 15.8. The monoisotopic (exact) mass is 410 g/mol. The molecule has 0 aromatic carbocycles. The number of aromatic nitrogens is 3. The van der Waals surface area contributed by atoms with Crippen LogP contribution in [0.25, 0.3) is 11.3 Å². The second-order valence-corrected chi connectivity index (χ2v) is 7.39. The second kappa shape index (κ2) is 8.11. The molecule has 2 aromatic heterocycles. The lowest BCUT2D eigenvalue weighted by atomic mass is 9.86. The topological polar surface area (TPSA) is 69.0 Å². The Hall–Kier alpha value is -3.47. The molecule has 0 saturated heterocycles. The Kier molecular flexibility index (Phi) is 5.36. The molecule has 154 valence electrons. The molecule has 1 saturated carbocycles. The minimum absolute atomic E-state index is 0.0174. The van der Waals surface area contributed by atoms with Crippen LogP contribution in [0.2, 0.25) is 0 Å². The Morgan fingerprint density at radius 1 is 1.37 bits per heavy atom. The van der Waals surface area contributed by atoms with Crippen LogP contribution in [0, 0.1) is 12.8 Å². The molecule has 1 fully saturated rings. The summed E-state index contributed by atoms with van der Waals surface area (Å²) in [6, 6.07) is 3.39. The molecular formula is C22H20F2N4O2. The van der Waals surface area contributed by atoms with E-state index in [1.807, 2.05) is 13.0 Å². The molecule has 30 heavy (non-hydrogen) atoms. The van der Waals surface area contributed by atoms with Gasteiger partial charge in [-0.1, -0.05) is 12.2 Å². The summed E-state index contributed by atoms with van der Waals surface area (Å²) in [7, 11) is 1.68.